The van der Waals surface area contributed by atoms with Gasteiger partial charge in [0.25, 0.3) is 5.56 Å². The van der Waals surface area contributed by atoms with Gasteiger partial charge in [-0.1, -0.05) is 0 Å². The fourth-order valence-electron chi connectivity index (χ4n) is 4.76. The molecule has 6 nitrogen and oxygen atoms in total. The van der Waals surface area contributed by atoms with Crippen LogP contribution in [-0.2, 0) is 0 Å². The zero-order chi connectivity index (χ0) is 21.1. The van der Waals surface area contributed by atoms with Crippen LogP contribution in [0, 0.1) is 5.92 Å². The van der Waals surface area contributed by atoms with E-state index in [1.54, 1.807) is 11.8 Å². The third-order valence-corrected chi connectivity index (χ3v) is 6.26. The number of halogens is 4. The Morgan fingerprint density at radius 2 is 1.97 bits per heavy atom. The third-order valence-electron chi connectivity index (χ3n) is 6.26. The summed E-state index contributed by atoms with van der Waals surface area (Å²) in [4.78, 5) is 28.7. The van der Waals surface area contributed by atoms with Crippen LogP contribution in [0.25, 0.3) is 11.6 Å². The molecule has 0 spiro atoms. The highest BCUT2D eigenvalue weighted by Gasteiger charge is 2.41. The van der Waals surface area contributed by atoms with Crippen LogP contribution in [-0.4, -0.2) is 52.0 Å². The van der Waals surface area contributed by atoms with Crippen molar-refractivity contribution in [3.63, 3.8) is 0 Å². The molecule has 2 heterocycles. The topological polar surface area (TPSA) is 84.1 Å². The minimum Gasteiger partial charge on any atom is -0.327 e. The first kappa shape index (κ1) is 20.3. The molecule has 4 atom stereocenters. The lowest BCUT2D eigenvalue weighted by molar-refractivity contribution is -0.140. The van der Waals surface area contributed by atoms with Crippen LogP contribution in [0.4, 0.5) is 17.6 Å². The third kappa shape index (κ3) is 3.79. The predicted octanol–water partition coefficient (Wildman–Crippen LogP) is 0.145. The molecule has 1 saturated carbocycles. The second-order valence-corrected chi connectivity index (χ2v) is 8.39. The lowest BCUT2D eigenvalue weighted by atomic mass is 9.94. The van der Waals surface area contributed by atoms with Crippen LogP contribution in [0.1, 0.15) is 38.6 Å². The lowest BCUT2D eigenvalue weighted by Crippen LogP contribution is -2.60. The Kier molecular flexibility index (Phi) is 4.97. The number of nitrogens with two attached hydrogens (primary N) is 1. The first-order valence-corrected chi connectivity index (χ1v) is 9.84. The number of hydrogen-bond acceptors (Lipinski definition) is 4. The maximum absolute atomic E-state index is 15.1. The van der Waals surface area contributed by atoms with Gasteiger partial charge in [-0.2, -0.15) is 13.2 Å². The van der Waals surface area contributed by atoms with Gasteiger partial charge in [0.05, 0.1) is 23.0 Å². The number of aromatic amines is 1. The van der Waals surface area contributed by atoms with Gasteiger partial charge in [0.15, 0.2) is 0 Å². The Morgan fingerprint density at radius 3 is 2.59 bits per heavy atom. The van der Waals surface area contributed by atoms with Crippen LogP contribution in [0.3, 0.4) is 0 Å². The van der Waals surface area contributed by atoms with Crippen LogP contribution >= 0.6 is 0 Å². The van der Waals surface area contributed by atoms with Gasteiger partial charge in [0.1, 0.15) is 6.17 Å². The maximum atomic E-state index is 15.1. The number of likely N-dealkylation sites (tertiary alicyclic amines) is 1. The van der Waals surface area contributed by atoms with E-state index in [2.05, 4.69) is 4.98 Å². The van der Waals surface area contributed by atoms with Gasteiger partial charge in [-0.25, -0.2) is 9.18 Å². The molecule has 3 aliphatic rings. The number of nitrogens with one attached hydrogen (secondary N) is 1. The average Bonchev–Trinajstić information content (AvgIpc) is 3.31. The smallest absolute Gasteiger partial charge is 0.327 e. The number of aromatic nitrogens is 2. The molecule has 1 saturated heterocycles. The number of hydrogen-bond donors (Lipinski definition) is 2. The molecule has 1 aromatic heterocycles. The van der Waals surface area contributed by atoms with Crippen molar-refractivity contribution in [2.75, 3.05) is 13.1 Å². The summed E-state index contributed by atoms with van der Waals surface area (Å²) in [7, 11) is 0. The Balaban J connectivity index is 1.69. The number of rotatable bonds is 4. The molecule has 4 rings (SSSR count). The van der Waals surface area contributed by atoms with E-state index in [4.69, 9.17) is 5.73 Å². The Morgan fingerprint density at radius 1 is 1.28 bits per heavy atom. The van der Waals surface area contributed by atoms with Crippen molar-refractivity contribution in [2.24, 2.45) is 11.7 Å². The van der Waals surface area contributed by atoms with Crippen molar-refractivity contribution in [3.05, 3.63) is 31.4 Å². The number of fused-ring (bicyclic) bond motifs is 1. The minimum absolute atomic E-state index is 0.0141. The van der Waals surface area contributed by atoms with E-state index in [0.29, 0.717) is 23.9 Å². The van der Waals surface area contributed by atoms with Crippen molar-refractivity contribution in [1.29, 1.82) is 0 Å². The Bertz CT molecular complexity index is 1040. The van der Waals surface area contributed by atoms with E-state index in [-0.39, 0.29) is 23.7 Å². The molecule has 1 aromatic rings. The van der Waals surface area contributed by atoms with Crippen LogP contribution in [0.5, 0.6) is 0 Å². The molecule has 0 bridgehead atoms. The van der Waals surface area contributed by atoms with E-state index in [1.807, 2.05) is 0 Å². The van der Waals surface area contributed by atoms with Crippen molar-refractivity contribution >= 4 is 11.6 Å². The zero-order valence-electron chi connectivity index (χ0n) is 16.0. The summed E-state index contributed by atoms with van der Waals surface area (Å²) in [6, 6.07) is -1.78. The van der Waals surface area contributed by atoms with Crippen molar-refractivity contribution < 1.29 is 17.6 Å². The normalized spacial score (nSPS) is 28.9. The van der Waals surface area contributed by atoms with Crippen LogP contribution in [0.15, 0.2) is 9.59 Å². The summed E-state index contributed by atoms with van der Waals surface area (Å²) in [5.74, 6) is -0.386. The minimum atomic E-state index is -4.34. The van der Waals surface area contributed by atoms with Crippen molar-refractivity contribution in [1.82, 2.24) is 14.5 Å². The molecule has 2 aliphatic carbocycles. The molecule has 1 aliphatic heterocycles. The van der Waals surface area contributed by atoms with Gasteiger partial charge in [-0.15, -0.1) is 0 Å². The van der Waals surface area contributed by atoms with Crippen LogP contribution in [0.2, 0.25) is 0 Å². The molecule has 3 N–H and O–H groups in total. The predicted molar refractivity (Wildman–Crippen MR) is 99.4 cm³/mol. The summed E-state index contributed by atoms with van der Waals surface area (Å²) in [5, 5.41) is 0.602. The van der Waals surface area contributed by atoms with Gasteiger partial charge in [0.2, 0.25) is 0 Å². The van der Waals surface area contributed by atoms with E-state index in [1.165, 1.54) is 10.6 Å². The van der Waals surface area contributed by atoms with Crippen molar-refractivity contribution in [3.8, 4) is 0 Å². The molecular weight excluding hydrogens is 392 g/mol. The highest BCUT2D eigenvalue weighted by atomic mass is 19.4. The molecule has 10 heteroatoms. The molecule has 0 radical (unpaired) electrons. The van der Waals surface area contributed by atoms with E-state index >= 15 is 4.39 Å². The largest absolute Gasteiger partial charge is 0.390 e. The van der Waals surface area contributed by atoms with Crippen LogP contribution < -0.4 is 27.6 Å². The molecule has 0 amide bonds. The lowest BCUT2D eigenvalue weighted by Gasteiger charge is -2.33. The van der Waals surface area contributed by atoms with Gasteiger partial charge in [-0.3, -0.25) is 19.2 Å². The molecule has 29 heavy (non-hydrogen) atoms. The molecule has 4 unspecified atom stereocenters. The highest BCUT2D eigenvalue weighted by Crippen LogP contribution is 2.33. The monoisotopic (exact) mass is 416 g/mol. The molecule has 2 fully saturated rings. The average molecular weight is 416 g/mol. The van der Waals surface area contributed by atoms with Gasteiger partial charge in [0, 0.05) is 18.6 Å². The van der Waals surface area contributed by atoms with E-state index < -0.39 is 42.1 Å². The Hall–Kier alpha value is -1.94. The van der Waals surface area contributed by atoms with E-state index in [9.17, 15) is 22.8 Å². The first-order chi connectivity index (χ1) is 13.6. The van der Waals surface area contributed by atoms with Gasteiger partial charge >= 0.3 is 11.9 Å². The van der Waals surface area contributed by atoms with Gasteiger partial charge in [-0.05, 0) is 50.3 Å². The van der Waals surface area contributed by atoms with E-state index in [0.717, 1.165) is 12.8 Å². The molecule has 160 valence electrons. The summed E-state index contributed by atoms with van der Waals surface area (Å²) in [6.07, 6.45) is -3.59. The SMILES string of the molecule is CC1=c2c(c(=O)[nH]c(=O)n2C2CC2)=CC(F)C1N1CCC(C(N)CC(F)(F)F)C1. The second-order valence-electron chi connectivity index (χ2n) is 8.39. The Labute approximate surface area is 163 Å². The first-order valence-electron chi connectivity index (χ1n) is 9.84. The number of alkyl halides is 4. The summed E-state index contributed by atoms with van der Waals surface area (Å²) >= 11 is 0. The molecular formula is C19H24F4N4O2. The standard InChI is InChI=1S/C19H24F4N4O2/c1-9-15-12(17(28)25-18(29)27(15)11-2-3-11)6-13(20)16(9)26-5-4-10(8-26)14(24)7-19(21,22)23/h6,10-11,13-14,16H,2-5,7-8,24H2,1H3,(H,25,28,29). The fraction of sp³-hybridized carbons (Fsp3) is 0.684. The number of nitrogens with zero attached hydrogens (tertiary/aromatic N) is 2. The fourth-order valence-corrected chi connectivity index (χ4v) is 4.76. The quantitative estimate of drug-likeness (QED) is 0.685. The zero-order valence-corrected chi connectivity index (χ0v) is 16.0. The summed E-state index contributed by atoms with van der Waals surface area (Å²) in [6.45, 7) is 2.36. The highest BCUT2D eigenvalue weighted by molar-refractivity contribution is 5.56. The van der Waals surface area contributed by atoms with Gasteiger partial charge < -0.3 is 5.73 Å². The van der Waals surface area contributed by atoms with Crippen molar-refractivity contribution in [2.45, 2.75) is 63.1 Å². The summed E-state index contributed by atoms with van der Waals surface area (Å²) < 4.78 is 54.6. The maximum Gasteiger partial charge on any atom is 0.390 e. The summed E-state index contributed by atoms with van der Waals surface area (Å²) in [5.41, 5.74) is 5.21. The second kappa shape index (κ2) is 7.09. The number of H-pyrrole nitrogens is 1. The molecule has 0 aromatic carbocycles.